The predicted molar refractivity (Wildman–Crippen MR) is 155 cm³/mol. The van der Waals surface area contributed by atoms with Gasteiger partial charge in [-0.25, -0.2) is 9.59 Å². The molecule has 0 fully saturated rings. The van der Waals surface area contributed by atoms with Gasteiger partial charge in [-0.3, -0.25) is 0 Å². The summed E-state index contributed by atoms with van der Waals surface area (Å²) in [6, 6.07) is 0. The Balaban J connectivity index is 0. The summed E-state index contributed by atoms with van der Waals surface area (Å²) in [7, 11) is 0. The minimum absolute atomic E-state index is 0.300. The molecular weight excluding hydrogens is 448 g/mol. The maximum atomic E-state index is 10.8. The molecule has 0 aliphatic carbocycles. The van der Waals surface area contributed by atoms with Crippen molar-refractivity contribution < 1.29 is 19.4 Å². The standard InChI is InChI=1S/C21H40O2.C11H20O2/c1-3-5-6-7-8-9-10-11-12-13-14-15-16-17-18-19-20-23-21(22)4-2;1-3-5-6-7-9-10(8-4-2)11(12)13/h4H,2-3,5-20H2,1H3;8H,3-7,9H2,1-2H3,(H,12,13). The highest BCUT2D eigenvalue weighted by Crippen LogP contribution is 2.14. The first-order chi connectivity index (χ1) is 17.5. The number of hydrogen-bond acceptors (Lipinski definition) is 3. The fourth-order valence-electron chi connectivity index (χ4n) is 4.17. The number of hydrogen-bond donors (Lipinski definition) is 1. The number of carboxylic acids is 1. The van der Waals surface area contributed by atoms with Gasteiger partial charge in [0.2, 0.25) is 0 Å². The van der Waals surface area contributed by atoms with Crippen molar-refractivity contribution in [2.45, 2.75) is 162 Å². The van der Waals surface area contributed by atoms with E-state index in [4.69, 9.17) is 9.84 Å². The van der Waals surface area contributed by atoms with Crippen molar-refractivity contribution in [1.82, 2.24) is 0 Å². The zero-order valence-electron chi connectivity index (χ0n) is 24.3. The van der Waals surface area contributed by atoms with Crippen LogP contribution in [-0.2, 0) is 14.3 Å². The first kappa shape index (κ1) is 36.6. The largest absolute Gasteiger partial charge is 0.478 e. The van der Waals surface area contributed by atoms with Crippen LogP contribution in [0.15, 0.2) is 24.3 Å². The normalized spacial score (nSPS) is 11.0. The van der Waals surface area contributed by atoms with Crippen LogP contribution in [0.5, 0.6) is 0 Å². The summed E-state index contributed by atoms with van der Waals surface area (Å²) in [5.74, 6) is -1.05. The van der Waals surface area contributed by atoms with Gasteiger partial charge in [0.1, 0.15) is 0 Å². The number of carboxylic acid groups (broad SMARTS) is 1. The summed E-state index contributed by atoms with van der Waals surface area (Å²) in [5, 5.41) is 8.79. The molecule has 0 spiro atoms. The van der Waals surface area contributed by atoms with E-state index in [1.165, 1.54) is 115 Å². The highest BCUT2D eigenvalue weighted by molar-refractivity contribution is 5.86. The molecule has 36 heavy (non-hydrogen) atoms. The monoisotopic (exact) mass is 508 g/mol. The smallest absolute Gasteiger partial charge is 0.331 e. The Kier molecular flexibility index (Phi) is 32.0. The number of rotatable bonds is 25. The molecule has 0 aliphatic rings. The lowest BCUT2D eigenvalue weighted by molar-refractivity contribution is -0.138. The fourth-order valence-corrected chi connectivity index (χ4v) is 4.17. The average molecular weight is 509 g/mol. The second-order valence-corrected chi connectivity index (χ2v) is 9.93. The number of esters is 1. The summed E-state index contributed by atoms with van der Waals surface area (Å²) in [6.45, 7) is 10.3. The van der Waals surface area contributed by atoms with E-state index >= 15 is 0 Å². The first-order valence-electron chi connectivity index (χ1n) is 15.2. The van der Waals surface area contributed by atoms with E-state index in [0.717, 1.165) is 32.1 Å². The van der Waals surface area contributed by atoms with Gasteiger partial charge >= 0.3 is 11.9 Å². The van der Waals surface area contributed by atoms with Gasteiger partial charge in [-0.1, -0.05) is 149 Å². The summed E-state index contributed by atoms with van der Waals surface area (Å²) in [5.41, 5.74) is 0.582. The van der Waals surface area contributed by atoms with Crippen molar-refractivity contribution in [3.05, 3.63) is 24.3 Å². The van der Waals surface area contributed by atoms with Crippen molar-refractivity contribution in [2.24, 2.45) is 0 Å². The molecule has 0 saturated carbocycles. The van der Waals surface area contributed by atoms with Crippen LogP contribution in [0.4, 0.5) is 0 Å². The molecule has 0 radical (unpaired) electrons. The number of ether oxygens (including phenoxy) is 1. The van der Waals surface area contributed by atoms with E-state index in [-0.39, 0.29) is 5.97 Å². The molecule has 0 unspecified atom stereocenters. The van der Waals surface area contributed by atoms with Gasteiger partial charge in [-0.15, -0.1) is 0 Å². The van der Waals surface area contributed by atoms with Gasteiger partial charge in [0, 0.05) is 11.6 Å². The summed E-state index contributed by atoms with van der Waals surface area (Å²) >= 11 is 0. The molecule has 0 rings (SSSR count). The third-order valence-corrected chi connectivity index (χ3v) is 6.43. The first-order valence-corrected chi connectivity index (χ1v) is 15.2. The SMILES string of the molecule is C=CC(=O)OCCCCCCCCCCCCCCCCCC.CCC=C(CCCCCC)C(=O)O. The zero-order valence-corrected chi connectivity index (χ0v) is 24.3. The quantitative estimate of drug-likeness (QED) is 0.0756. The van der Waals surface area contributed by atoms with Crippen molar-refractivity contribution in [3.63, 3.8) is 0 Å². The minimum Gasteiger partial charge on any atom is -0.478 e. The Morgan fingerprint density at radius 1 is 0.639 bits per heavy atom. The molecule has 0 aromatic rings. The Morgan fingerprint density at radius 3 is 1.39 bits per heavy atom. The van der Waals surface area contributed by atoms with Gasteiger partial charge in [0.05, 0.1) is 6.61 Å². The van der Waals surface area contributed by atoms with Gasteiger partial charge in [-0.05, 0) is 25.7 Å². The number of unbranched alkanes of at least 4 members (excludes halogenated alkanes) is 18. The lowest BCUT2D eigenvalue weighted by Gasteiger charge is -2.04. The zero-order chi connectivity index (χ0) is 27.1. The van der Waals surface area contributed by atoms with Crippen molar-refractivity contribution in [1.29, 1.82) is 0 Å². The highest BCUT2D eigenvalue weighted by atomic mass is 16.5. The lowest BCUT2D eigenvalue weighted by Crippen LogP contribution is -2.01. The predicted octanol–water partition coefficient (Wildman–Crippen LogP) is 10.4. The van der Waals surface area contributed by atoms with Crippen LogP contribution in [0.25, 0.3) is 0 Å². The van der Waals surface area contributed by atoms with Crippen LogP contribution < -0.4 is 0 Å². The molecule has 0 aromatic heterocycles. The van der Waals surface area contributed by atoms with Crippen molar-refractivity contribution >= 4 is 11.9 Å². The molecule has 0 aromatic carbocycles. The number of aliphatic carboxylic acids is 1. The maximum absolute atomic E-state index is 10.8. The molecule has 0 aliphatic heterocycles. The van der Waals surface area contributed by atoms with E-state index in [1.807, 2.05) is 13.0 Å². The van der Waals surface area contributed by atoms with Gasteiger partial charge in [0.15, 0.2) is 0 Å². The van der Waals surface area contributed by atoms with E-state index in [1.54, 1.807) is 0 Å². The molecule has 0 saturated heterocycles. The van der Waals surface area contributed by atoms with Crippen LogP contribution in [-0.4, -0.2) is 23.7 Å². The van der Waals surface area contributed by atoms with Crippen LogP contribution in [0.1, 0.15) is 162 Å². The fraction of sp³-hybridized carbons (Fsp3) is 0.812. The molecular formula is C32H60O4. The van der Waals surface area contributed by atoms with E-state index in [9.17, 15) is 9.59 Å². The van der Waals surface area contributed by atoms with Crippen LogP contribution in [0, 0.1) is 0 Å². The number of allylic oxidation sites excluding steroid dienone is 1. The van der Waals surface area contributed by atoms with Crippen molar-refractivity contribution in [2.75, 3.05) is 6.61 Å². The average Bonchev–Trinajstić information content (AvgIpc) is 2.87. The van der Waals surface area contributed by atoms with Gasteiger partial charge in [-0.2, -0.15) is 0 Å². The Morgan fingerprint density at radius 2 is 1.03 bits per heavy atom. The molecule has 0 amide bonds. The van der Waals surface area contributed by atoms with Gasteiger partial charge in [0.25, 0.3) is 0 Å². The summed E-state index contributed by atoms with van der Waals surface area (Å²) in [4.78, 5) is 21.5. The topological polar surface area (TPSA) is 63.6 Å². The van der Waals surface area contributed by atoms with Crippen LogP contribution in [0.3, 0.4) is 0 Å². The molecule has 1 N–H and O–H groups in total. The third kappa shape index (κ3) is 30.5. The second-order valence-electron chi connectivity index (χ2n) is 9.93. The maximum Gasteiger partial charge on any atom is 0.331 e. The Hall–Kier alpha value is -1.58. The van der Waals surface area contributed by atoms with E-state index in [0.29, 0.717) is 12.2 Å². The Labute approximate surface area is 224 Å². The summed E-state index contributed by atoms with van der Waals surface area (Å²) < 4.78 is 4.95. The highest BCUT2D eigenvalue weighted by Gasteiger charge is 2.05. The lowest BCUT2D eigenvalue weighted by atomic mass is 10.0. The summed E-state index contributed by atoms with van der Waals surface area (Å²) in [6.07, 6.45) is 30.9. The minimum atomic E-state index is -0.752. The van der Waals surface area contributed by atoms with Crippen molar-refractivity contribution in [3.8, 4) is 0 Å². The molecule has 0 atom stereocenters. The molecule has 4 nitrogen and oxygen atoms in total. The third-order valence-electron chi connectivity index (χ3n) is 6.43. The van der Waals surface area contributed by atoms with Crippen LogP contribution in [0.2, 0.25) is 0 Å². The Bertz CT molecular complexity index is 524. The molecule has 212 valence electrons. The number of carbonyl (C=O) groups is 2. The molecule has 0 heterocycles. The van der Waals surface area contributed by atoms with Gasteiger partial charge < -0.3 is 9.84 Å². The van der Waals surface area contributed by atoms with E-state index < -0.39 is 5.97 Å². The molecule has 4 heteroatoms. The molecule has 0 bridgehead atoms. The number of carbonyl (C=O) groups excluding carboxylic acids is 1. The van der Waals surface area contributed by atoms with Crippen LogP contribution >= 0.6 is 0 Å². The second kappa shape index (κ2) is 31.4. The van der Waals surface area contributed by atoms with E-state index in [2.05, 4.69) is 20.4 Å².